The van der Waals surface area contributed by atoms with Gasteiger partial charge in [0, 0.05) is 16.6 Å². The number of anilines is 1. The first-order valence-electron chi connectivity index (χ1n) is 7.69. The highest BCUT2D eigenvalue weighted by atomic mass is 32.2. The summed E-state index contributed by atoms with van der Waals surface area (Å²) in [5.41, 5.74) is 0.553. The predicted octanol–water partition coefficient (Wildman–Crippen LogP) is 3.08. The van der Waals surface area contributed by atoms with Gasteiger partial charge in [0.1, 0.15) is 5.25 Å². The summed E-state index contributed by atoms with van der Waals surface area (Å²) >= 11 is 1.38. The van der Waals surface area contributed by atoms with Gasteiger partial charge in [0.2, 0.25) is 6.79 Å². The van der Waals surface area contributed by atoms with Crippen LogP contribution in [-0.2, 0) is 14.3 Å². The molecule has 0 saturated carbocycles. The first kappa shape index (κ1) is 17.2. The van der Waals surface area contributed by atoms with Crippen molar-refractivity contribution in [2.45, 2.75) is 17.1 Å². The molecule has 1 amide bonds. The van der Waals surface area contributed by atoms with Crippen molar-refractivity contribution in [2.75, 3.05) is 18.7 Å². The summed E-state index contributed by atoms with van der Waals surface area (Å²) in [6.45, 7) is 1.57. The second-order valence-corrected chi connectivity index (χ2v) is 6.71. The van der Waals surface area contributed by atoms with E-state index in [1.54, 1.807) is 25.1 Å². The van der Waals surface area contributed by atoms with Crippen LogP contribution >= 0.6 is 11.8 Å². The van der Waals surface area contributed by atoms with Crippen molar-refractivity contribution >= 4 is 29.3 Å². The summed E-state index contributed by atoms with van der Waals surface area (Å²) < 4.78 is 15.5. The highest BCUT2D eigenvalue weighted by Crippen LogP contribution is 2.34. The molecule has 0 aromatic heterocycles. The SMILES string of the molecule is C[C@@H](Sc1ccccc1)C(=O)OCC(=O)Nc1ccc2c(c1)OCO2. The Morgan fingerprint density at radius 3 is 2.72 bits per heavy atom. The van der Waals surface area contributed by atoms with Crippen molar-refractivity contribution < 1.29 is 23.8 Å². The van der Waals surface area contributed by atoms with Crippen LogP contribution in [0.1, 0.15) is 6.92 Å². The molecule has 25 heavy (non-hydrogen) atoms. The second-order valence-electron chi connectivity index (χ2n) is 5.30. The number of carbonyl (C=O) groups is 2. The van der Waals surface area contributed by atoms with E-state index >= 15 is 0 Å². The minimum atomic E-state index is -0.435. The Morgan fingerprint density at radius 1 is 1.16 bits per heavy atom. The summed E-state index contributed by atoms with van der Waals surface area (Å²) in [7, 11) is 0. The molecular weight excluding hydrogens is 342 g/mol. The number of esters is 1. The van der Waals surface area contributed by atoms with Gasteiger partial charge in [-0.2, -0.15) is 0 Å². The lowest BCUT2D eigenvalue weighted by molar-refractivity contribution is -0.146. The van der Waals surface area contributed by atoms with Crippen LogP contribution in [0, 0.1) is 0 Å². The van der Waals surface area contributed by atoms with Gasteiger partial charge in [0.15, 0.2) is 18.1 Å². The van der Waals surface area contributed by atoms with Crippen LogP contribution in [0.15, 0.2) is 53.4 Å². The van der Waals surface area contributed by atoms with E-state index in [4.69, 9.17) is 14.2 Å². The van der Waals surface area contributed by atoms with Gasteiger partial charge < -0.3 is 19.5 Å². The second kappa shape index (κ2) is 7.94. The fourth-order valence-corrected chi connectivity index (χ4v) is 3.06. The monoisotopic (exact) mass is 359 g/mol. The van der Waals surface area contributed by atoms with Gasteiger partial charge in [-0.05, 0) is 31.2 Å². The number of ether oxygens (including phenoxy) is 3. The molecule has 0 radical (unpaired) electrons. The third-order valence-electron chi connectivity index (χ3n) is 3.39. The maximum atomic E-state index is 12.0. The summed E-state index contributed by atoms with van der Waals surface area (Å²) in [5.74, 6) is 0.359. The molecule has 0 aliphatic carbocycles. The molecule has 2 aromatic carbocycles. The van der Waals surface area contributed by atoms with Crippen LogP contribution in [0.3, 0.4) is 0 Å². The van der Waals surface area contributed by atoms with Gasteiger partial charge in [-0.25, -0.2) is 0 Å². The van der Waals surface area contributed by atoms with Crippen molar-refractivity contribution in [2.24, 2.45) is 0 Å². The van der Waals surface area contributed by atoms with E-state index in [0.29, 0.717) is 17.2 Å². The smallest absolute Gasteiger partial charge is 0.319 e. The number of nitrogens with one attached hydrogen (secondary N) is 1. The number of amides is 1. The predicted molar refractivity (Wildman–Crippen MR) is 93.9 cm³/mol. The molecule has 1 heterocycles. The summed E-state index contributed by atoms with van der Waals surface area (Å²) in [4.78, 5) is 24.9. The first-order chi connectivity index (χ1) is 12.1. The van der Waals surface area contributed by atoms with Crippen LogP contribution < -0.4 is 14.8 Å². The number of fused-ring (bicyclic) bond motifs is 1. The van der Waals surface area contributed by atoms with Gasteiger partial charge >= 0.3 is 5.97 Å². The lowest BCUT2D eigenvalue weighted by atomic mass is 10.3. The van der Waals surface area contributed by atoms with Crippen molar-refractivity contribution in [1.29, 1.82) is 0 Å². The van der Waals surface area contributed by atoms with Crippen molar-refractivity contribution in [1.82, 2.24) is 0 Å². The molecule has 0 bridgehead atoms. The minimum absolute atomic E-state index is 0.168. The van der Waals surface area contributed by atoms with E-state index in [-0.39, 0.29) is 13.4 Å². The molecule has 1 N–H and O–H groups in total. The zero-order valence-corrected chi connectivity index (χ0v) is 14.4. The molecule has 6 nitrogen and oxygen atoms in total. The van der Waals surface area contributed by atoms with E-state index in [9.17, 15) is 9.59 Å². The van der Waals surface area contributed by atoms with Crippen LogP contribution in [0.2, 0.25) is 0 Å². The standard InChI is InChI=1S/C18H17NO5S/c1-12(25-14-5-3-2-4-6-14)18(21)22-10-17(20)19-13-7-8-15-16(9-13)24-11-23-15/h2-9,12H,10-11H2,1H3,(H,19,20)/t12-/m1/s1. The number of hydrogen-bond acceptors (Lipinski definition) is 6. The van der Waals surface area contributed by atoms with E-state index < -0.39 is 17.1 Å². The zero-order chi connectivity index (χ0) is 17.6. The Bertz CT molecular complexity index is 765. The Morgan fingerprint density at radius 2 is 1.92 bits per heavy atom. The quantitative estimate of drug-likeness (QED) is 0.631. The first-order valence-corrected chi connectivity index (χ1v) is 8.57. The lowest BCUT2D eigenvalue weighted by Gasteiger charge is -2.11. The number of benzene rings is 2. The lowest BCUT2D eigenvalue weighted by Crippen LogP contribution is -2.24. The van der Waals surface area contributed by atoms with Gasteiger partial charge in [0.25, 0.3) is 5.91 Å². The van der Waals surface area contributed by atoms with Gasteiger partial charge in [-0.15, -0.1) is 11.8 Å². The molecule has 0 fully saturated rings. The average molecular weight is 359 g/mol. The highest BCUT2D eigenvalue weighted by Gasteiger charge is 2.18. The normalized spacial score (nSPS) is 13.2. The largest absolute Gasteiger partial charge is 0.455 e. The number of hydrogen-bond donors (Lipinski definition) is 1. The van der Waals surface area contributed by atoms with E-state index in [0.717, 1.165) is 4.90 Å². The van der Waals surface area contributed by atoms with Gasteiger partial charge in [0.05, 0.1) is 0 Å². The van der Waals surface area contributed by atoms with Crippen LogP contribution in [0.25, 0.3) is 0 Å². The maximum Gasteiger partial charge on any atom is 0.319 e. The molecule has 3 rings (SSSR count). The highest BCUT2D eigenvalue weighted by molar-refractivity contribution is 8.00. The molecule has 1 atom stereocenters. The molecule has 2 aromatic rings. The van der Waals surface area contributed by atoms with Crippen LogP contribution in [0.5, 0.6) is 11.5 Å². The van der Waals surface area contributed by atoms with Gasteiger partial charge in [-0.1, -0.05) is 18.2 Å². The van der Waals surface area contributed by atoms with E-state index in [2.05, 4.69) is 5.32 Å². The fourth-order valence-electron chi connectivity index (χ4n) is 2.18. The Balaban J connectivity index is 1.46. The Kier molecular flexibility index (Phi) is 5.45. The minimum Gasteiger partial charge on any atom is -0.455 e. The fraction of sp³-hybridized carbons (Fsp3) is 0.222. The maximum absolute atomic E-state index is 12.0. The van der Waals surface area contributed by atoms with Gasteiger partial charge in [-0.3, -0.25) is 9.59 Å². The summed E-state index contributed by atoms with van der Waals surface area (Å²) in [5, 5.41) is 2.26. The number of rotatable bonds is 6. The zero-order valence-electron chi connectivity index (χ0n) is 13.6. The Labute approximate surface area is 149 Å². The molecule has 0 unspecified atom stereocenters. The molecule has 1 aliphatic heterocycles. The number of thioether (sulfide) groups is 1. The molecule has 0 saturated heterocycles. The molecule has 0 spiro atoms. The van der Waals surface area contributed by atoms with Crippen LogP contribution in [-0.4, -0.2) is 30.5 Å². The summed E-state index contributed by atoms with van der Waals surface area (Å²) in [6, 6.07) is 14.6. The third kappa shape index (κ3) is 4.67. The molecule has 7 heteroatoms. The molecule has 130 valence electrons. The average Bonchev–Trinajstić information content (AvgIpc) is 3.08. The van der Waals surface area contributed by atoms with E-state index in [1.807, 2.05) is 30.3 Å². The van der Waals surface area contributed by atoms with Crippen molar-refractivity contribution in [3.05, 3.63) is 48.5 Å². The van der Waals surface area contributed by atoms with E-state index in [1.165, 1.54) is 11.8 Å². The summed E-state index contributed by atoms with van der Waals surface area (Å²) in [6.07, 6.45) is 0. The van der Waals surface area contributed by atoms with Crippen molar-refractivity contribution in [3.8, 4) is 11.5 Å². The Hall–Kier alpha value is -2.67. The molecular formula is C18H17NO5S. The number of carbonyl (C=O) groups excluding carboxylic acids is 2. The third-order valence-corrected chi connectivity index (χ3v) is 4.48. The molecule has 1 aliphatic rings. The van der Waals surface area contributed by atoms with Crippen LogP contribution in [0.4, 0.5) is 5.69 Å². The topological polar surface area (TPSA) is 73.9 Å². The van der Waals surface area contributed by atoms with Crippen molar-refractivity contribution in [3.63, 3.8) is 0 Å².